The first-order valence-electron chi connectivity index (χ1n) is 8.32. The molecule has 1 aromatic carbocycles. The minimum Gasteiger partial charge on any atom is -0.478 e. The maximum Gasteiger partial charge on any atom is 0.358 e. The predicted octanol–water partition coefficient (Wildman–Crippen LogP) is 1.91. The number of carboxylic acids is 2. The van der Waals surface area contributed by atoms with Gasteiger partial charge in [0.2, 0.25) is 0 Å². The van der Waals surface area contributed by atoms with E-state index in [-0.39, 0.29) is 34.4 Å². The van der Waals surface area contributed by atoms with Crippen LogP contribution in [0.15, 0.2) is 35.6 Å². The van der Waals surface area contributed by atoms with Crippen LogP contribution in [0.5, 0.6) is 0 Å². The molecular weight excluding hydrogens is 378 g/mol. The molecule has 29 heavy (non-hydrogen) atoms. The molecule has 11 heteroatoms. The number of rotatable bonds is 5. The van der Waals surface area contributed by atoms with E-state index < -0.39 is 11.9 Å². The quantitative estimate of drug-likeness (QED) is 0.502. The van der Waals surface area contributed by atoms with Crippen molar-refractivity contribution in [1.82, 2.24) is 19.9 Å². The summed E-state index contributed by atoms with van der Waals surface area (Å²) < 4.78 is 0. The number of carboxylic acid groups (broad SMARTS) is 2. The van der Waals surface area contributed by atoms with Crippen molar-refractivity contribution in [3.8, 4) is 11.3 Å². The molecule has 11 nitrogen and oxygen atoms in total. The summed E-state index contributed by atoms with van der Waals surface area (Å²) in [6.45, 7) is 0. The molecule has 0 aliphatic carbocycles. The zero-order valence-corrected chi connectivity index (χ0v) is 14.7. The summed E-state index contributed by atoms with van der Waals surface area (Å²) in [7, 11) is 0. The highest BCUT2D eigenvalue weighted by atomic mass is 16.4. The molecule has 3 heterocycles. The second-order valence-corrected chi connectivity index (χ2v) is 6.00. The Kier molecular flexibility index (Phi) is 4.31. The number of anilines is 3. The van der Waals surface area contributed by atoms with Crippen molar-refractivity contribution >= 4 is 41.3 Å². The highest BCUT2D eigenvalue weighted by Gasteiger charge is 2.22. The number of carbonyl (C=O) groups is 2. The smallest absolute Gasteiger partial charge is 0.358 e. The SMILES string of the molecule is Nc1nc(C(=O)O)c(Nc2ncnc3c2N=CC3)nc1-c1ccc(C(=O)O)cc1. The van der Waals surface area contributed by atoms with Crippen LogP contribution < -0.4 is 11.1 Å². The molecule has 5 N–H and O–H groups in total. The molecule has 0 saturated heterocycles. The molecule has 4 rings (SSSR count). The average Bonchev–Trinajstić information content (AvgIpc) is 3.19. The lowest BCUT2D eigenvalue weighted by Gasteiger charge is -2.13. The van der Waals surface area contributed by atoms with Crippen molar-refractivity contribution in [3.05, 3.63) is 47.5 Å². The predicted molar refractivity (Wildman–Crippen MR) is 103 cm³/mol. The van der Waals surface area contributed by atoms with Crippen LogP contribution >= 0.6 is 0 Å². The number of aliphatic imine (C=N–C) groups is 1. The lowest BCUT2D eigenvalue weighted by Crippen LogP contribution is -2.12. The van der Waals surface area contributed by atoms with Crippen molar-refractivity contribution in [2.24, 2.45) is 4.99 Å². The standard InChI is InChI=1S/C18H13N7O4/c19-14-11(8-1-3-9(4-2-8)17(26)27)24-16(13(23-14)18(28)29)25-15-12-10(5-6-20-12)21-7-22-15/h1-4,6-7H,5H2,(H2,19,23)(H,26,27)(H,28,29)(H,21,22,24,25). The van der Waals surface area contributed by atoms with E-state index in [2.05, 4.69) is 30.2 Å². The van der Waals surface area contributed by atoms with Gasteiger partial charge in [0.1, 0.15) is 17.7 Å². The van der Waals surface area contributed by atoms with E-state index >= 15 is 0 Å². The van der Waals surface area contributed by atoms with Gasteiger partial charge in [-0.25, -0.2) is 29.5 Å². The van der Waals surface area contributed by atoms with Crippen LogP contribution in [-0.2, 0) is 6.42 Å². The molecule has 2 aromatic heterocycles. The first-order valence-corrected chi connectivity index (χ1v) is 8.32. The van der Waals surface area contributed by atoms with E-state index in [4.69, 9.17) is 10.8 Å². The second-order valence-electron chi connectivity index (χ2n) is 6.00. The molecule has 0 bridgehead atoms. The lowest BCUT2D eigenvalue weighted by molar-refractivity contribution is 0.0683. The van der Waals surface area contributed by atoms with Crippen molar-refractivity contribution in [1.29, 1.82) is 0 Å². The minimum atomic E-state index is -1.33. The third-order valence-electron chi connectivity index (χ3n) is 4.17. The van der Waals surface area contributed by atoms with Crippen LogP contribution in [-0.4, -0.2) is 48.3 Å². The molecular formula is C18H13N7O4. The van der Waals surface area contributed by atoms with Gasteiger partial charge in [-0.1, -0.05) is 12.1 Å². The van der Waals surface area contributed by atoms with Gasteiger partial charge in [0.05, 0.1) is 11.3 Å². The van der Waals surface area contributed by atoms with Gasteiger partial charge < -0.3 is 21.3 Å². The lowest BCUT2D eigenvalue weighted by atomic mass is 10.1. The molecule has 0 atom stereocenters. The van der Waals surface area contributed by atoms with E-state index in [9.17, 15) is 14.7 Å². The molecule has 0 unspecified atom stereocenters. The van der Waals surface area contributed by atoms with Gasteiger partial charge >= 0.3 is 11.9 Å². The highest BCUT2D eigenvalue weighted by molar-refractivity contribution is 5.94. The van der Waals surface area contributed by atoms with Gasteiger partial charge in [-0.2, -0.15) is 0 Å². The van der Waals surface area contributed by atoms with Crippen LogP contribution in [0.2, 0.25) is 0 Å². The Bertz CT molecular complexity index is 1180. The Morgan fingerprint density at radius 1 is 1.00 bits per heavy atom. The Morgan fingerprint density at radius 3 is 2.45 bits per heavy atom. The second kappa shape index (κ2) is 6.96. The number of hydrogen-bond acceptors (Lipinski definition) is 9. The summed E-state index contributed by atoms with van der Waals surface area (Å²) in [4.78, 5) is 43.4. The number of hydrogen-bond donors (Lipinski definition) is 4. The number of nitrogen functional groups attached to an aromatic ring is 1. The number of nitrogens with zero attached hydrogens (tertiary/aromatic N) is 5. The third kappa shape index (κ3) is 3.32. The number of aromatic nitrogens is 4. The Labute approximate surface area is 163 Å². The number of aromatic carboxylic acids is 2. The van der Waals surface area contributed by atoms with Crippen LogP contribution in [0.25, 0.3) is 11.3 Å². The molecule has 0 spiro atoms. The van der Waals surface area contributed by atoms with Crippen LogP contribution in [0.3, 0.4) is 0 Å². The topological polar surface area (TPSA) is 177 Å². The molecule has 1 aliphatic rings. The van der Waals surface area contributed by atoms with E-state index in [1.807, 2.05) is 0 Å². The van der Waals surface area contributed by atoms with Crippen molar-refractivity contribution in [2.75, 3.05) is 11.1 Å². The minimum absolute atomic E-state index is 0.0768. The van der Waals surface area contributed by atoms with Crippen LogP contribution in [0.1, 0.15) is 26.5 Å². The monoisotopic (exact) mass is 391 g/mol. The largest absolute Gasteiger partial charge is 0.478 e. The first kappa shape index (κ1) is 18.0. The van der Waals surface area contributed by atoms with Gasteiger partial charge in [0, 0.05) is 18.2 Å². The first-order chi connectivity index (χ1) is 13.9. The van der Waals surface area contributed by atoms with Crippen LogP contribution in [0, 0.1) is 0 Å². The molecule has 0 amide bonds. The molecule has 144 valence electrons. The summed E-state index contributed by atoms with van der Waals surface area (Å²) in [5.41, 5.74) is 7.49. The van der Waals surface area contributed by atoms with Crippen LogP contribution in [0.4, 0.5) is 23.1 Å². The average molecular weight is 391 g/mol. The number of nitrogens with one attached hydrogen (secondary N) is 1. The summed E-state index contributed by atoms with van der Waals surface area (Å²) in [5.74, 6) is -2.29. The maximum atomic E-state index is 11.6. The molecule has 3 aromatic rings. The molecule has 0 fully saturated rings. The Balaban J connectivity index is 1.80. The fraction of sp³-hybridized carbons (Fsp3) is 0.0556. The summed E-state index contributed by atoms with van der Waals surface area (Å²) in [6.07, 6.45) is 3.56. The highest BCUT2D eigenvalue weighted by Crippen LogP contribution is 2.33. The number of nitrogens with two attached hydrogens (primary N) is 1. The van der Waals surface area contributed by atoms with Gasteiger partial charge in [-0.05, 0) is 12.1 Å². The van der Waals surface area contributed by atoms with Gasteiger partial charge in [-0.15, -0.1) is 0 Å². The zero-order valence-electron chi connectivity index (χ0n) is 14.7. The van der Waals surface area contributed by atoms with E-state index in [0.29, 0.717) is 23.4 Å². The Hall–Kier alpha value is -4.41. The van der Waals surface area contributed by atoms with Crippen molar-refractivity contribution in [3.63, 3.8) is 0 Å². The fourth-order valence-electron chi connectivity index (χ4n) is 2.80. The van der Waals surface area contributed by atoms with E-state index in [0.717, 1.165) is 0 Å². The molecule has 0 radical (unpaired) electrons. The van der Waals surface area contributed by atoms with Crippen molar-refractivity contribution < 1.29 is 19.8 Å². The van der Waals surface area contributed by atoms with E-state index in [1.54, 1.807) is 6.21 Å². The normalized spacial score (nSPS) is 11.9. The van der Waals surface area contributed by atoms with E-state index in [1.165, 1.54) is 30.6 Å². The zero-order chi connectivity index (χ0) is 20.5. The molecule has 0 saturated carbocycles. The number of fused-ring (bicyclic) bond motifs is 1. The Morgan fingerprint density at radius 2 is 1.76 bits per heavy atom. The van der Waals surface area contributed by atoms with Gasteiger partial charge in [0.15, 0.2) is 23.1 Å². The maximum absolute atomic E-state index is 11.6. The number of benzene rings is 1. The summed E-state index contributed by atoms with van der Waals surface area (Å²) in [6, 6.07) is 5.81. The summed E-state index contributed by atoms with van der Waals surface area (Å²) in [5, 5.41) is 21.4. The van der Waals surface area contributed by atoms with Crippen molar-refractivity contribution in [2.45, 2.75) is 6.42 Å². The van der Waals surface area contributed by atoms with Gasteiger partial charge in [0.25, 0.3) is 0 Å². The fourth-order valence-corrected chi connectivity index (χ4v) is 2.80. The summed E-state index contributed by atoms with van der Waals surface area (Å²) >= 11 is 0. The molecule has 1 aliphatic heterocycles. The third-order valence-corrected chi connectivity index (χ3v) is 4.17. The van der Waals surface area contributed by atoms with Gasteiger partial charge in [-0.3, -0.25) is 4.99 Å².